The first-order valence-corrected chi connectivity index (χ1v) is 6.06. The Kier molecular flexibility index (Phi) is 2.41. The molecule has 0 aromatic heterocycles. The zero-order valence-electron chi connectivity index (χ0n) is 10.6. The van der Waals surface area contributed by atoms with Gasteiger partial charge in [-0.05, 0) is 53.4 Å². The molecule has 0 bridgehead atoms. The Labute approximate surface area is 93.7 Å². The van der Waals surface area contributed by atoms with Gasteiger partial charge in [-0.15, -0.1) is 0 Å². The Morgan fingerprint density at radius 2 is 1.87 bits per heavy atom. The average molecular weight is 202 g/mol. The maximum Gasteiger partial charge on any atom is -0.00975 e. The lowest BCUT2D eigenvalue weighted by Crippen LogP contribution is -2.12. The molecule has 0 N–H and O–H groups in total. The number of hydrogen-bond donors (Lipinski definition) is 0. The Bertz CT molecular complexity index is 383. The smallest absolute Gasteiger partial charge is 0.00975 e. The maximum absolute atomic E-state index is 2.44. The summed E-state index contributed by atoms with van der Waals surface area (Å²) < 4.78 is 0. The summed E-state index contributed by atoms with van der Waals surface area (Å²) in [5.41, 5.74) is 6.61. The van der Waals surface area contributed by atoms with E-state index in [-0.39, 0.29) is 0 Å². The van der Waals surface area contributed by atoms with E-state index in [1.165, 1.54) is 24.0 Å². The summed E-state index contributed by atoms with van der Waals surface area (Å²) >= 11 is 0. The first-order valence-electron chi connectivity index (χ1n) is 6.06. The van der Waals surface area contributed by atoms with E-state index < -0.39 is 0 Å². The van der Waals surface area contributed by atoms with Crippen molar-refractivity contribution in [2.75, 3.05) is 0 Å². The Morgan fingerprint density at radius 1 is 1.20 bits per heavy atom. The normalized spacial score (nSPS) is 18.3. The van der Waals surface area contributed by atoms with Crippen LogP contribution in [0, 0.1) is 6.92 Å². The highest BCUT2D eigenvalue weighted by molar-refractivity contribution is 5.46. The van der Waals surface area contributed by atoms with Crippen LogP contribution >= 0.6 is 0 Å². The van der Waals surface area contributed by atoms with E-state index in [0.717, 1.165) is 0 Å². The molecule has 1 aliphatic carbocycles. The predicted octanol–water partition coefficient (Wildman–Crippen LogP) is 4.34. The molecule has 0 saturated heterocycles. The molecular weight excluding hydrogens is 180 g/mol. The van der Waals surface area contributed by atoms with Crippen LogP contribution in [0.2, 0.25) is 0 Å². The van der Waals surface area contributed by atoms with Gasteiger partial charge in [-0.1, -0.05) is 39.8 Å². The van der Waals surface area contributed by atoms with Gasteiger partial charge in [0.15, 0.2) is 0 Å². The molecule has 0 heterocycles. The number of rotatable bonds is 1. The van der Waals surface area contributed by atoms with Crippen LogP contribution in [0.3, 0.4) is 0 Å². The van der Waals surface area contributed by atoms with E-state index in [1.807, 2.05) is 0 Å². The molecule has 1 aromatic carbocycles. The van der Waals surface area contributed by atoms with Crippen molar-refractivity contribution in [1.82, 2.24) is 0 Å². The molecule has 0 aliphatic heterocycles. The molecule has 0 saturated carbocycles. The standard InChI is InChI=1S/C15H22/c1-10(2)12-8-11(3)13-6-7-15(4,5)14(13)9-12/h8-10H,6-7H2,1-5H3. The largest absolute Gasteiger partial charge is 0.0587 e. The van der Waals surface area contributed by atoms with Crippen LogP contribution in [0.5, 0.6) is 0 Å². The molecule has 0 unspecified atom stereocenters. The third kappa shape index (κ3) is 1.71. The van der Waals surface area contributed by atoms with Crippen molar-refractivity contribution >= 4 is 0 Å². The first-order chi connectivity index (χ1) is 6.92. The van der Waals surface area contributed by atoms with Crippen LogP contribution in [-0.4, -0.2) is 0 Å². The molecule has 0 spiro atoms. The van der Waals surface area contributed by atoms with Crippen molar-refractivity contribution in [3.05, 3.63) is 34.4 Å². The van der Waals surface area contributed by atoms with Crippen LogP contribution in [0.15, 0.2) is 12.1 Å². The van der Waals surface area contributed by atoms with Gasteiger partial charge in [0.05, 0.1) is 0 Å². The van der Waals surface area contributed by atoms with Gasteiger partial charge >= 0.3 is 0 Å². The summed E-state index contributed by atoms with van der Waals surface area (Å²) in [4.78, 5) is 0. The van der Waals surface area contributed by atoms with Gasteiger partial charge in [-0.3, -0.25) is 0 Å². The van der Waals surface area contributed by atoms with E-state index in [1.54, 1.807) is 11.1 Å². The third-order valence-corrected chi connectivity index (χ3v) is 3.89. The minimum absolute atomic E-state index is 0.394. The summed E-state index contributed by atoms with van der Waals surface area (Å²) in [6, 6.07) is 4.82. The van der Waals surface area contributed by atoms with Gasteiger partial charge in [0.25, 0.3) is 0 Å². The molecule has 0 atom stereocenters. The summed E-state index contributed by atoms with van der Waals surface area (Å²) in [7, 11) is 0. The number of hydrogen-bond acceptors (Lipinski definition) is 0. The van der Waals surface area contributed by atoms with E-state index in [4.69, 9.17) is 0 Å². The van der Waals surface area contributed by atoms with Crippen LogP contribution in [0.1, 0.15) is 62.3 Å². The molecule has 15 heavy (non-hydrogen) atoms. The van der Waals surface area contributed by atoms with E-state index in [9.17, 15) is 0 Å². The first kappa shape index (κ1) is 10.7. The van der Waals surface area contributed by atoms with Gasteiger partial charge < -0.3 is 0 Å². The second-order valence-electron chi connectivity index (χ2n) is 5.90. The zero-order chi connectivity index (χ0) is 11.2. The van der Waals surface area contributed by atoms with Crippen molar-refractivity contribution in [3.8, 4) is 0 Å². The fourth-order valence-electron chi connectivity index (χ4n) is 2.69. The fourth-order valence-corrected chi connectivity index (χ4v) is 2.69. The summed E-state index contributed by atoms with van der Waals surface area (Å²) in [6.45, 7) is 11.6. The highest BCUT2D eigenvalue weighted by Crippen LogP contribution is 2.41. The van der Waals surface area contributed by atoms with Gasteiger partial charge in [0, 0.05) is 0 Å². The second-order valence-corrected chi connectivity index (χ2v) is 5.90. The lowest BCUT2D eigenvalue weighted by atomic mass is 9.84. The summed E-state index contributed by atoms with van der Waals surface area (Å²) in [6.07, 6.45) is 2.58. The monoisotopic (exact) mass is 202 g/mol. The van der Waals surface area contributed by atoms with E-state index in [0.29, 0.717) is 11.3 Å². The van der Waals surface area contributed by atoms with Crippen molar-refractivity contribution in [1.29, 1.82) is 0 Å². The van der Waals surface area contributed by atoms with Crippen molar-refractivity contribution in [3.63, 3.8) is 0 Å². The Hall–Kier alpha value is -0.780. The van der Waals surface area contributed by atoms with E-state index >= 15 is 0 Å². The quantitative estimate of drug-likeness (QED) is 0.635. The molecule has 82 valence electrons. The molecule has 0 fully saturated rings. The minimum Gasteiger partial charge on any atom is -0.0587 e. The average Bonchev–Trinajstić information content (AvgIpc) is 2.43. The molecule has 0 nitrogen and oxygen atoms in total. The van der Waals surface area contributed by atoms with Crippen molar-refractivity contribution < 1.29 is 0 Å². The molecule has 1 aromatic rings. The third-order valence-electron chi connectivity index (χ3n) is 3.89. The Morgan fingerprint density at radius 3 is 2.47 bits per heavy atom. The minimum atomic E-state index is 0.394. The summed E-state index contributed by atoms with van der Waals surface area (Å²) in [5, 5.41) is 0. The second kappa shape index (κ2) is 3.37. The van der Waals surface area contributed by atoms with E-state index in [2.05, 4.69) is 46.8 Å². The zero-order valence-corrected chi connectivity index (χ0v) is 10.6. The van der Waals surface area contributed by atoms with Gasteiger partial charge in [0.2, 0.25) is 0 Å². The maximum atomic E-state index is 2.44. The lowest BCUT2D eigenvalue weighted by Gasteiger charge is -2.21. The molecule has 0 amide bonds. The lowest BCUT2D eigenvalue weighted by molar-refractivity contribution is 0.522. The van der Waals surface area contributed by atoms with Gasteiger partial charge in [-0.2, -0.15) is 0 Å². The van der Waals surface area contributed by atoms with Gasteiger partial charge in [0.1, 0.15) is 0 Å². The molecule has 2 rings (SSSR count). The molecule has 0 radical (unpaired) electrons. The van der Waals surface area contributed by atoms with Crippen LogP contribution in [0.4, 0.5) is 0 Å². The molecule has 0 heteroatoms. The highest BCUT2D eigenvalue weighted by atomic mass is 14.3. The fraction of sp³-hybridized carbons (Fsp3) is 0.600. The van der Waals surface area contributed by atoms with Crippen molar-refractivity contribution in [2.24, 2.45) is 0 Å². The number of benzene rings is 1. The number of fused-ring (bicyclic) bond motifs is 1. The topological polar surface area (TPSA) is 0 Å². The molecule has 1 aliphatic rings. The van der Waals surface area contributed by atoms with Gasteiger partial charge in [-0.25, -0.2) is 0 Å². The van der Waals surface area contributed by atoms with Crippen LogP contribution in [-0.2, 0) is 11.8 Å². The van der Waals surface area contributed by atoms with Crippen LogP contribution < -0.4 is 0 Å². The SMILES string of the molecule is Cc1cc(C(C)C)cc2c1CCC2(C)C. The number of aryl methyl sites for hydroxylation is 1. The highest BCUT2D eigenvalue weighted by Gasteiger charge is 2.31. The van der Waals surface area contributed by atoms with Crippen molar-refractivity contribution in [2.45, 2.75) is 58.8 Å². The summed E-state index contributed by atoms with van der Waals surface area (Å²) in [5.74, 6) is 0.644. The molecular formula is C15H22. The van der Waals surface area contributed by atoms with Crippen LogP contribution in [0.25, 0.3) is 0 Å². The Balaban J connectivity index is 2.59. The predicted molar refractivity (Wildman–Crippen MR) is 66.6 cm³/mol.